The highest BCUT2D eigenvalue weighted by Crippen LogP contribution is 2.16. The van der Waals surface area contributed by atoms with Crippen molar-refractivity contribution in [3.63, 3.8) is 0 Å². The Morgan fingerprint density at radius 3 is 2.83 bits per heavy atom. The largest absolute Gasteiger partial charge is 0.373 e. The predicted octanol–water partition coefficient (Wildman–Crippen LogP) is 1.42. The van der Waals surface area contributed by atoms with Gasteiger partial charge in [0.15, 0.2) is 0 Å². The normalized spacial score (nSPS) is 24.2. The average molecular weight is 189 g/mol. The quantitative estimate of drug-likeness (QED) is 0.674. The number of hydrogen-bond acceptors (Lipinski definition) is 3. The molecule has 2 nitrogen and oxygen atoms in total. The average Bonchev–Trinajstić information content (AvgIpc) is 1.99. The molecule has 0 spiro atoms. The van der Waals surface area contributed by atoms with Gasteiger partial charge in [0.05, 0.1) is 12.2 Å². The summed E-state index contributed by atoms with van der Waals surface area (Å²) in [6.07, 6.45) is 1.18. The molecule has 3 heteroatoms. The van der Waals surface area contributed by atoms with E-state index in [1.165, 1.54) is 6.42 Å². The van der Waals surface area contributed by atoms with Gasteiger partial charge in [-0.25, -0.2) is 0 Å². The van der Waals surface area contributed by atoms with Crippen LogP contribution in [0.4, 0.5) is 0 Å². The topological polar surface area (TPSA) is 12.5 Å². The molecule has 72 valence electrons. The predicted molar refractivity (Wildman–Crippen MR) is 54.9 cm³/mol. The maximum absolute atomic E-state index is 5.61. The maximum Gasteiger partial charge on any atom is 0.0753 e. The number of nitrogens with zero attached hydrogens (tertiary/aromatic N) is 1. The standard InChI is InChI=1S/C9H19NOS/c1-9(2)8-10(4-3-7-12)5-6-11-9/h12H,3-8H2,1-2H3. The second-order valence-corrected chi connectivity index (χ2v) is 4.41. The van der Waals surface area contributed by atoms with Gasteiger partial charge in [-0.1, -0.05) is 0 Å². The Hall–Kier alpha value is 0.270. The zero-order valence-corrected chi connectivity index (χ0v) is 8.94. The Morgan fingerprint density at radius 2 is 2.25 bits per heavy atom. The molecule has 0 aromatic rings. The summed E-state index contributed by atoms with van der Waals surface area (Å²) in [6, 6.07) is 0. The van der Waals surface area contributed by atoms with E-state index in [2.05, 4.69) is 31.4 Å². The van der Waals surface area contributed by atoms with E-state index in [0.717, 1.165) is 32.0 Å². The Morgan fingerprint density at radius 1 is 1.50 bits per heavy atom. The van der Waals surface area contributed by atoms with Crippen molar-refractivity contribution in [2.75, 3.05) is 32.0 Å². The molecule has 0 aromatic heterocycles. The molecule has 1 heterocycles. The summed E-state index contributed by atoms with van der Waals surface area (Å²) >= 11 is 4.21. The van der Waals surface area contributed by atoms with Gasteiger partial charge in [-0.05, 0) is 32.6 Å². The highest BCUT2D eigenvalue weighted by atomic mass is 32.1. The molecule has 1 aliphatic rings. The number of ether oxygens (including phenoxy) is 1. The molecule has 0 unspecified atom stereocenters. The zero-order chi connectivity index (χ0) is 9.03. The highest BCUT2D eigenvalue weighted by Gasteiger charge is 2.26. The maximum atomic E-state index is 5.61. The van der Waals surface area contributed by atoms with Crippen molar-refractivity contribution in [2.24, 2.45) is 0 Å². The smallest absolute Gasteiger partial charge is 0.0753 e. The first-order valence-corrected chi connectivity index (χ1v) is 5.24. The van der Waals surface area contributed by atoms with Crippen LogP contribution < -0.4 is 0 Å². The van der Waals surface area contributed by atoms with Gasteiger partial charge in [0.2, 0.25) is 0 Å². The molecular formula is C9H19NOS. The van der Waals surface area contributed by atoms with Gasteiger partial charge in [-0.2, -0.15) is 12.6 Å². The highest BCUT2D eigenvalue weighted by molar-refractivity contribution is 7.80. The number of morpholine rings is 1. The van der Waals surface area contributed by atoms with Crippen LogP contribution in [-0.4, -0.2) is 42.5 Å². The molecule has 1 aliphatic heterocycles. The van der Waals surface area contributed by atoms with Crippen LogP contribution in [0.5, 0.6) is 0 Å². The lowest BCUT2D eigenvalue weighted by Gasteiger charge is -2.38. The molecule has 1 saturated heterocycles. The summed E-state index contributed by atoms with van der Waals surface area (Å²) in [5.74, 6) is 0.984. The van der Waals surface area contributed by atoms with Crippen molar-refractivity contribution in [1.29, 1.82) is 0 Å². The van der Waals surface area contributed by atoms with Gasteiger partial charge in [0.25, 0.3) is 0 Å². The molecular weight excluding hydrogens is 170 g/mol. The van der Waals surface area contributed by atoms with Gasteiger partial charge in [-0.3, -0.25) is 4.90 Å². The molecule has 0 radical (unpaired) electrons. The summed E-state index contributed by atoms with van der Waals surface area (Å²) in [6.45, 7) is 8.48. The van der Waals surface area contributed by atoms with Crippen LogP contribution in [0, 0.1) is 0 Å². The van der Waals surface area contributed by atoms with Crippen LogP contribution in [0.2, 0.25) is 0 Å². The lowest BCUT2D eigenvalue weighted by molar-refractivity contribution is -0.0857. The van der Waals surface area contributed by atoms with Gasteiger partial charge in [-0.15, -0.1) is 0 Å². The minimum atomic E-state index is 0.0504. The van der Waals surface area contributed by atoms with Gasteiger partial charge >= 0.3 is 0 Å². The van der Waals surface area contributed by atoms with Crippen LogP contribution in [0.15, 0.2) is 0 Å². The van der Waals surface area contributed by atoms with E-state index >= 15 is 0 Å². The Labute approximate surface area is 80.7 Å². The fourth-order valence-corrected chi connectivity index (χ4v) is 1.74. The first kappa shape index (κ1) is 10.4. The fourth-order valence-electron chi connectivity index (χ4n) is 1.60. The summed E-state index contributed by atoms with van der Waals surface area (Å²) < 4.78 is 5.61. The van der Waals surface area contributed by atoms with Gasteiger partial charge in [0.1, 0.15) is 0 Å². The second-order valence-electron chi connectivity index (χ2n) is 3.96. The minimum Gasteiger partial charge on any atom is -0.373 e. The molecule has 0 saturated carbocycles. The molecule has 0 amide bonds. The van der Waals surface area contributed by atoms with Crippen LogP contribution >= 0.6 is 12.6 Å². The van der Waals surface area contributed by atoms with E-state index in [1.54, 1.807) is 0 Å². The van der Waals surface area contributed by atoms with Crippen LogP contribution in [-0.2, 0) is 4.74 Å². The molecule has 12 heavy (non-hydrogen) atoms. The SMILES string of the molecule is CC1(C)CN(CCCS)CCO1. The first-order chi connectivity index (χ1) is 5.64. The molecule has 1 rings (SSSR count). The van der Waals surface area contributed by atoms with E-state index in [9.17, 15) is 0 Å². The van der Waals surface area contributed by atoms with Crippen molar-refractivity contribution in [3.05, 3.63) is 0 Å². The zero-order valence-electron chi connectivity index (χ0n) is 8.05. The number of hydrogen-bond donors (Lipinski definition) is 1. The number of rotatable bonds is 3. The molecule has 0 atom stereocenters. The van der Waals surface area contributed by atoms with E-state index in [1.807, 2.05) is 0 Å². The second kappa shape index (κ2) is 4.49. The summed E-state index contributed by atoms with van der Waals surface area (Å²) in [7, 11) is 0. The monoisotopic (exact) mass is 189 g/mol. The van der Waals surface area contributed by atoms with Crippen LogP contribution in [0.1, 0.15) is 20.3 Å². The van der Waals surface area contributed by atoms with Crippen molar-refractivity contribution >= 4 is 12.6 Å². The van der Waals surface area contributed by atoms with E-state index in [0.29, 0.717) is 0 Å². The third kappa shape index (κ3) is 3.33. The van der Waals surface area contributed by atoms with Crippen LogP contribution in [0.3, 0.4) is 0 Å². The molecule has 0 bridgehead atoms. The third-order valence-corrected chi connectivity index (χ3v) is 2.45. The van der Waals surface area contributed by atoms with Crippen molar-refractivity contribution in [1.82, 2.24) is 4.90 Å². The molecule has 0 N–H and O–H groups in total. The lowest BCUT2D eigenvalue weighted by atomic mass is 10.1. The van der Waals surface area contributed by atoms with Gasteiger partial charge in [0, 0.05) is 13.1 Å². The summed E-state index contributed by atoms with van der Waals surface area (Å²) in [5.41, 5.74) is 0.0504. The van der Waals surface area contributed by atoms with Crippen molar-refractivity contribution in [2.45, 2.75) is 25.9 Å². The minimum absolute atomic E-state index is 0.0504. The Balaban J connectivity index is 2.26. The number of thiol groups is 1. The molecule has 1 fully saturated rings. The summed E-state index contributed by atoms with van der Waals surface area (Å²) in [5, 5.41) is 0. The van der Waals surface area contributed by atoms with E-state index < -0.39 is 0 Å². The Kier molecular flexibility index (Phi) is 3.87. The fraction of sp³-hybridized carbons (Fsp3) is 1.00. The van der Waals surface area contributed by atoms with Gasteiger partial charge < -0.3 is 4.74 Å². The lowest BCUT2D eigenvalue weighted by Crippen LogP contribution is -2.48. The summed E-state index contributed by atoms with van der Waals surface area (Å²) in [4.78, 5) is 2.46. The van der Waals surface area contributed by atoms with Crippen molar-refractivity contribution in [3.8, 4) is 0 Å². The molecule has 0 aromatic carbocycles. The third-order valence-electron chi connectivity index (χ3n) is 2.14. The van der Waals surface area contributed by atoms with E-state index in [4.69, 9.17) is 4.74 Å². The molecule has 0 aliphatic carbocycles. The first-order valence-electron chi connectivity index (χ1n) is 4.61. The van der Waals surface area contributed by atoms with Crippen molar-refractivity contribution < 1.29 is 4.74 Å². The van der Waals surface area contributed by atoms with Crippen LogP contribution in [0.25, 0.3) is 0 Å². The van der Waals surface area contributed by atoms with E-state index in [-0.39, 0.29) is 5.60 Å². The Bertz CT molecular complexity index is 138.